The van der Waals surface area contributed by atoms with Crippen LogP contribution in [-0.4, -0.2) is 35.1 Å². The lowest BCUT2D eigenvalue weighted by molar-refractivity contribution is -0.134. The molecule has 1 aliphatic heterocycles. The molecule has 2 aromatic rings. The van der Waals surface area contributed by atoms with Crippen LogP contribution in [0.5, 0.6) is 0 Å². The molecule has 1 aromatic carbocycles. The molecule has 0 unspecified atom stereocenters. The third-order valence-electron chi connectivity index (χ3n) is 4.17. The molecular weight excluding hydrogens is 338 g/mol. The molecule has 0 saturated carbocycles. The third kappa shape index (κ3) is 3.08. The predicted octanol–water partition coefficient (Wildman–Crippen LogP) is 1.89. The van der Waals surface area contributed by atoms with Crippen LogP contribution in [0.25, 0.3) is 0 Å². The molecule has 2 heterocycles. The fourth-order valence-corrected chi connectivity index (χ4v) is 2.70. The second kappa shape index (κ2) is 6.47. The highest BCUT2D eigenvalue weighted by atomic mass is 16.3. The van der Waals surface area contributed by atoms with Crippen molar-refractivity contribution in [1.82, 2.24) is 10.2 Å². The molecule has 0 bridgehead atoms. The number of imide groups is 1. The third-order valence-corrected chi connectivity index (χ3v) is 4.17. The zero-order valence-electron chi connectivity index (χ0n) is 14.2. The van der Waals surface area contributed by atoms with Crippen molar-refractivity contribution in [3.63, 3.8) is 0 Å². The number of nitrogens with one attached hydrogen (secondary N) is 2. The van der Waals surface area contributed by atoms with Crippen molar-refractivity contribution in [2.24, 2.45) is 0 Å². The maximum absolute atomic E-state index is 12.6. The summed E-state index contributed by atoms with van der Waals surface area (Å²) in [6, 6.07) is 8.84. The van der Waals surface area contributed by atoms with Gasteiger partial charge >= 0.3 is 6.03 Å². The molecule has 2 N–H and O–H groups in total. The SMILES string of the molecule is CC(=O)c1ccc(NC(=O)CN2C(=O)N[C@](C)(c3ccco3)C2=O)cc1. The minimum Gasteiger partial charge on any atom is -0.466 e. The maximum atomic E-state index is 12.6. The number of carbonyl (C=O) groups is 4. The highest BCUT2D eigenvalue weighted by Crippen LogP contribution is 2.28. The van der Waals surface area contributed by atoms with Crippen LogP contribution in [0.1, 0.15) is 30.0 Å². The Hall–Kier alpha value is -3.42. The summed E-state index contributed by atoms with van der Waals surface area (Å²) in [4.78, 5) is 49.0. The molecular formula is C18H17N3O5. The van der Waals surface area contributed by atoms with Crippen LogP contribution in [0, 0.1) is 0 Å². The molecule has 3 rings (SSSR count). The van der Waals surface area contributed by atoms with Crippen molar-refractivity contribution in [1.29, 1.82) is 0 Å². The monoisotopic (exact) mass is 355 g/mol. The molecule has 26 heavy (non-hydrogen) atoms. The van der Waals surface area contributed by atoms with Gasteiger partial charge in [-0.1, -0.05) is 0 Å². The first-order chi connectivity index (χ1) is 12.3. The summed E-state index contributed by atoms with van der Waals surface area (Å²) in [5.41, 5.74) is -0.364. The first-order valence-corrected chi connectivity index (χ1v) is 7.90. The van der Waals surface area contributed by atoms with Gasteiger partial charge in [0.1, 0.15) is 12.3 Å². The smallest absolute Gasteiger partial charge is 0.325 e. The van der Waals surface area contributed by atoms with Gasteiger partial charge < -0.3 is 15.1 Å². The average Bonchev–Trinajstić information content (AvgIpc) is 3.20. The lowest BCUT2D eigenvalue weighted by atomic mass is 9.99. The van der Waals surface area contributed by atoms with Crippen molar-refractivity contribution >= 4 is 29.3 Å². The summed E-state index contributed by atoms with van der Waals surface area (Å²) in [6.07, 6.45) is 1.40. The molecule has 0 radical (unpaired) electrons. The van der Waals surface area contributed by atoms with Gasteiger partial charge in [0.2, 0.25) is 5.91 Å². The fourth-order valence-electron chi connectivity index (χ4n) is 2.70. The van der Waals surface area contributed by atoms with Gasteiger partial charge in [-0.25, -0.2) is 4.79 Å². The lowest BCUT2D eigenvalue weighted by Crippen LogP contribution is -2.41. The average molecular weight is 355 g/mol. The first kappa shape index (κ1) is 17.4. The summed E-state index contributed by atoms with van der Waals surface area (Å²) in [7, 11) is 0. The Morgan fingerprint density at radius 2 is 1.88 bits per heavy atom. The highest BCUT2D eigenvalue weighted by molar-refractivity contribution is 6.10. The van der Waals surface area contributed by atoms with Crippen LogP contribution >= 0.6 is 0 Å². The van der Waals surface area contributed by atoms with Crippen LogP contribution in [0.3, 0.4) is 0 Å². The van der Waals surface area contributed by atoms with Gasteiger partial charge in [-0.2, -0.15) is 0 Å². The summed E-state index contributed by atoms with van der Waals surface area (Å²) in [5.74, 6) is -0.898. The number of ketones is 1. The summed E-state index contributed by atoms with van der Waals surface area (Å²) in [5, 5.41) is 5.14. The standard InChI is InChI=1S/C18H17N3O5/c1-11(22)12-5-7-13(8-6-12)19-15(23)10-21-16(24)18(2,20-17(21)25)14-4-3-9-26-14/h3-9H,10H2,1-2H3,(H,19,23)(H,20,25)/t18-/m1/s1. The summed E-state index contributed by atoms with van der Waals surface area (Å²) >= 11 is 0. The Morgan fingerprint density at radius 3 is 2.46 bits per heavy atom. The van der Waals surface area contributed by atoms with Gasteiger partial charge in [0.15, 0.2) is 11.3 Å². The van der Waals surface area contributed by atoms with Crippen molar-refractivity contribution in [3.8, 4) is 0 Å². The number of hydrogen-bond acceptors (Lipinski definition) is 5. The Balaban J connectivity index is 1.68. The van der Waals surface area contributed by atoms with Crippen molar-refractivity contribution < 1.29 is 23.6 Å². The second-order valence-corrected chi connectivity index (χ2v) is 6.11. The quantitative estimate of drug-likeness (QED) is 0.629. The van der Waals surface area contributed by atoms with E-state index in [1.165, 1.54) is 20.1 Å². The van der Waals surface area contributed by atoms with Gasteiger partial charge in [-0.15, -0.1) is 0 Å². The van der Waals surface area contributed by atoms with E-state index in [0.717, 1.165) is 4.90 Å². The first-order valence-electron chi connectivity index (χ1n) is 7.90. The van der Waals surface area contributed by atoms with E-state index in [1.807, 2.05) is 0 Å². The number of carbonyl (C=O) groups excluding carboxylic acids is 4. The fraction of sp³-hybridized carbons (Fsp3) is 0.222. The molecule has 4 amide bonds. The number of urea groups is 1. The molecule has 1 saturated heterocycles. The van der Waals surface area contributed by atoms with Gasteiger partial charge in [0, 0.05) is 11.3 Å². The van der Waals surface area contributed by atoms with E-state index in [-0.39, 0.29) is 5.78 Å². The largest absolute Gasteiger partial charge is 0.466 e. The van der Waals surface area contributed by atoms with Gasteiger partial charge in [-0.05, 0) is 50.2 Å². The van der Waals surface area contributed by atoms with Crippen LogP contribution in [0.2, 0.25) is 0 Å². The molecule has 1 aromatic heterocycles. The maximum Gasteiger partial charge on any atom is 0.325 e. The Kier molecular flexibility index (Phi) is 4.33. The van der Waals surface area contributed by atoms with Crippen LogP contribution < -0.4 is 10.6 Å². The highest BCUT2D eigenvalue weighted by Gasteiger charge is 2.51. The lowest BCUT2D eigenvalue weighted by Gasteiger charge is -2.18. The topological polar surface area (TPSA) is 109 Å². The van der Waals surface area contributed by atoms with E-state index in [4.69, 9.17) is 4.42 Å². The summed E-state index contributed by atoms with van der Waals surface area (Å²) < 4.78 is 5.23. The molecule has 1 fully saturated rings. The second-order valence-electron chi connectivity index (χ2n) is 6.11. The van der Waals surface area contributed by atoms with Gasteiger partial charge in [0.05, 0.1) is 6.26 Å². The number of nitrogens with zero attached hydrogens (tertiary/aromatic N) is 1. The van der Waals surface area contributed by atoms with E-state index in [0.29, 0.717) is 17.0 Å². The molecule has 134 valence electrons. The Labute approximate surface area is 149 Å². The molecule has 0 spiro atoms. The molecule has 0 aliphatic carbocycles. The van der Waals surface area contributed by atoms with Gasteiger partial charge in [0.25, 0.3) is 5.91 Å². The zero-order chi connectivity index (χ0) is 18.9. The van der Waals surface area contributed by atoms with Crippen LogP contribution in [0.4, 0.5) is 10.5 Å². The van der Waals surface area contributed by atoms with Crippen LogP contribution in [-0.2, 0) is 15.1 Å². The molecule has 8 nitrogen and oxygen atoms in total. The number of hydrogen-bond donors (Lipinski definition) is 2. The van der Waals surface area contributed by atoms with E-state index < -0.39 is 29.9 Å². The van der Waals surface area contributed by atoms with E-state index >= 15 is 0 Å². The normalized spacial score (nSPS) is 19.4. The summed E-state index contributed by atoms with van der Waals surface area (Å²) in [6.45, 7) is 2.53. The minimum atomic E-state index is -1.34. The van der Waals surface area contributed by atoms with Gasteiger partial charge in [-0.3, -0.25) is 19.3 Å². The molecule has 1 aliphatic rings. The van der Waals surface area contributed by atoms with Crippen molar-refractivity contribution in [2.75, 3.05) is 11.9 Å². The molecule has 8 heteroatoms. The number of furan rings is 1. The van der Waals surface area contributed by atoms with E-state index in [9.17, 15) is 19.2 Å². The number of amides is 4. The van der Waals surface area contributed by atoms with E-state index in [2.05, 4.69) is 10.6 Å². The van der Waals surface area contributed by atoms with Crippen LogP contribution in [0.15, 0.2) is 47.1 Å². The van der Waals surface area contributed by atoms with Crippen molar-refractivity contribution in [2.45, 2.75) is 19.4 Å². The number of rotatable bonds is 5. The number of Topliss-reactive ketones (excluding diaryl/α,β-unsaturated/α-hetero) is 1. The van der Waals surface area contributed by atoms with E-state index in [1.54, 1.807) is 36.4 Å². The minimum absolute atomic E-state index is 0.0839. The number of anilines is 1. The molecule has 1 atom stereocenters. The Morgan fingerprint density at radius 1 is 1.19 bits per heavy atom. The Bertz CT molecular complexity index is 873. The zero-order valence-corrected chi connectivity index (χ0v) is 14.2. The van der Waals surface area contributed by atoms with Crippen molar-refractivity contribution in [3.05, 3.63) is 54.0 Å². The predicted molar refractivity (Wildman–Crippen MR) is 91.4 cm³/mol. The number of benzene rings is 1.